The normalized spacial score (nSPS) is 16.3. The molecule has 22 rings (SSSR count). The lowest BCUT2D eigenvalue weighted by molar-refractivity contribution is 0.600. The van der Waals surface area contributed by atoms with Gasteiger partial charge in [0, 0.05) is 104 Å². The second kappa shape index (κ2) is 17.9. The van der Waals surface area contributed by atoms with E-state index in [1.54, 1.807) is 0 Å². The molecule has 0 radical (unpaired) electrons. The number of hydrogen-bond donors (Lipinski definition) is 0. The third kappa shape index (κ3) is 6.51. The molecule has 5 aliphatic rings. The van der Waals surface area contributed by atoms with Crippen molar-refractivity contribution < 1.29 is 17.7 Å². The Bertz CT molecular complexity index is 6350. The van der Waals surface area contributed by atoms with E-state index in [1.807, 2.05) is 6.07 Å². The number of furan rings is 4. The molecule has 0 atom stereocenters. The molecule has 5 aliphatic carbocycles. The lowest BCUT2D eigenvalue weighted by Crippen LogP contribution is -2.24. The molecule has 4 heterocycles. The summed E-state index contributed by atoms with van der Waals surface area (Å²) < 4.78 is 28.0. The molecule has 0 amide bonds. The van der Waals surface area contributed by atoms with Crippen LogP contribution in [-0.2, 0) is 27.1 Å². The topological polar surface area (TPSA) is 55.8 Å². The molecule has 0 saturated carbocycles. The minimum absolute atomic E-state index is 0.287. The largest absolute Gasteiger partial charge is 0.456 e. The van der Waals surface area contributed by atoms with Crippen molar-refractivity contribution in [2.24, 2.45) is 0 Å². The summed E-state index contributed by atoms with van der Waals surface area (Å²) in [7, 11) is 0. The van der Waals surface area contributed by atoms with Crippen molar-refractivity contribution in [3.63, 3.8) is 0 Å². The average Bonchev–Trinajstić information content (AvgIpc) is 1.51. The van der Waals surface area contributed by atoms with Crippen LogP contribution in [0.2, 0.25) is 0 Å². The zero-order valence-corrected chi connectivity index (χ0v) is 56.4. The molecule has 0 spiro atoms. The first-order valence-electron chi connectivity index (χ1n) is 34.8. The minimum Gasteiger partial charge on any atom is -0.456 e. The molecule has 98 heavy (non-hydrogen) atoms. The van der Waals surface area contributed by atoms with Crippen LogP contribution in [0.1, 0.15) is 125 Å². The smallest absolute Gasteiger partial charge is 0.144 e. The number of nitrogens with zero attached hydrogens (tertiary/aromatic N) is 1. The third-order valence-corrected chi connectivity index (χ3v) is 24.5. The van der Waals surface area contributed by atoms with Gasteiger partial charge in [-0.2, -0.15) is 0 Å². The number of rotatable bonds is 4. The third-order valence-electron chi connectivity index (χ3n) is 24.5. The summed E-state index contributed by atoms with van der Waals surface area (Å²) >= 11 is 0. The van der Waals surface area contributed by atoms with Gasteiger partial charge >= 0.3 is 0 Å². The van der Waals surface area contributed by atoms with Crippen LogP contribution >= 0.6 is 0 Å². The molecular formula is C93H67NO4. The van der Waals surface area contributed by atoms with Crippen molar-refractivity contribution in [1.29, 1.82) is 0 Å². The van der Waals surface area contributed by atoms with Crippen LogP contribution in [0.5, 0.6) is 0 Å². The number of anilines is 3. The van der Waals surface area contributed by atoms with E-state index in [0.29, 0.717) is 0 Å². The number of para-hydroxylation sites is 4. The number of hydrogen-bond acceptors (Lipinski definition) is 5. The Morgan fingerprint density at radius 1 is 0.235 bits per heavy atom. The van der Waals surface area contributed by atoms with Crippen molar-refractivity contribution >= 4 is 105 Å². The van der Waals surface area contributed by atoms with Crippen molar-refractivity contribution in [3.05, 3.63) is 280 Å². The van der Waals surface area contributed by atoms with Gasteiger partial charge in [0.2, 0.25) is 0 Å². The Morgan fingerprint density at radius 2 is 0.592 bits per heavy atom. The maximum atomic E-state index is 7.15. The molecule has 0 N–H and O–H groups in total. The van der Waals surface area contributed by atoms with Gasteiger partial charge in [-0.15, -0.1) is 0 Å². The molecule has 0 unspecified atom stereocenters. The molecule has 5 nitrogen and oxygen atoms in total. The van der Waals surface area contributed by atoms with Gasteiger partial charge in [0.25, 0.3) is 0 Å². The van der Waals surface area contributed by atoms with Crippen LogP contribution < -0.4 is 4.90 Å². The maximum Gasteiger partial charge on any atom is 0.144 e. The van der Waals surface area contributed by atoms with Crippen molar-refractivity contribution in [2.45, 2.75) is 96.3 Å². The summed E-state index contributed by atoms with van der Waals surface area (Å²) in [6.07, 6.45) is 0. The first-order valence-corrected chi connectivity index (χ1v) is 34.8. The van der Waals surface area contributed by atoms with Crippen molar-refractivity contribution in [2.75, 3.05) is 4.90 Å². The maximum absolute atomic E-state index is 7.15. The predicted molar refractivity (Wildman–Crippen MR) is 403 cm³/mol. The fourth-order valence-corrected chi connectivity index (χ4v) is 20.1. The van der Waals surface area contributed by atoms with Gasteiger partial charge in [-0.05, 0) is 185 Å². The summed E-state index contributed by atoms with van der Waals surface area (Å²) in [5.74, 6) is 0. The molecule has 0 aliphatic heterocycles. The Hall–Kier alpha value is -11.1. The van der Waals surface area contributed by atoms with Crippen LogP contribution in [0.3, 0.4) is 0 Å². The highest BCUT2D eigenvalue weighted by Gasteiger charge is 2.51. The Balaban J connectivity index is 0.782. The van der Waals surface area contributed by atoms with E-state index in [0.717, 1.165) is 105 Å². The van der Waals surface area contributed by atoms with Gasteiger partial charge in [-0.3, -0.25) is 0 Å². The minimum atomic E-state index is -0.437. The Morgan fingerprint density at radius 3 is 1.08 bits per heavy atom. The van der Waals surface area contributed by atoms with E-state index in [1.165, 1.54) is 122 Å². The SMILES string of the molecule is CC1(C)c2cc(N(c3ccc4c(c3)C(C)(C)c3c5c(c6oc7ccccc7c6c3-4)-c3ccccc3C5(C)C)c3ccc4c(c3)C(C)(C)c3c5c(c6oc7ccccc7c6c3-4)-c3ccccc3C5(C)C)ccc2-c2c1cc(-c1ccc3c(c1)oc1ccccc13)c1oc3ccccc3c21. The predicted octanol–water partition coefficient (Wildman–Crippen LogP) is 26.0. The average molecular weight is 1260 g/mol. The molecule has 13 aromatic carbocycles. The van der Waals surface area contributed by atoms with Crippen LogP contribution in [0, 0.1) is 0 Å². The zero-order valence-electron chi connectivity index (χ0n) is 56.4. The standard InChI is InChI=1S/C93H67NO4/c1-89(2)65-44-49(36-40-56(65)74-68(89)47-62(86-77(74)59-26-14-20-32-70(59)96-86)48-35-39-53-52-23-13-19-31-69(52)95-73(53)43-48)94(50-37-41-57-66(45-50)92(7,8)82-75(57)78-60-27-15-21-33-71(60)97-87(78)80-54-24-11-17-29-63(54)90(3,4)84(80)82)51-38-42-58-67(46-51)93(9,10)83-76(58)79-61-28-16-22-34-72(61)98-88(79)81-55-25-12-18-30-64(55)91(5,6)85(81)83/h11-47H,1-10H3. The van der Waals surface area contributed by atoms with Gasteiger partial charge < -0.3 is 22.6 Å². The molecule has 4 aromatic heterocycles. The monoisotopic (exact) mass is 1260 g/mol. The molecule has 0 bridgehead atoms. The second-order valence-electron chi connectivity index (χ2n) is 31.3. The lowest BCUT2D eigenvalue weighted by Gasteiger charge is -2.33. The highest BCUT2D eigenvalue weighted by atomic mass is 16.3. The van der Waals surface area contributed by atoms with Gasteiger partial charge in [-0.1, -0.05) is 215 Å². The van der Waals surface area contributed by atoms with Crippen molar-refractivity contribution in [3.8, 4) is 66.8 Å². The van der Waals surface area contributed by atoms with Gasteiger partial charge in [0.15, 0.2) is 0 Å². The van der Waals surface area contributed by atoms with E-state index in [4.69, 9.17) is 17.7 Å². The number of benzene rings is 13. The van der Waals surface area contributed by atoms with Crippen LogP contribution in [-0.4, -0.2) is 0 Å². The molecule has 0 fully saturated rings. The van der Waals surface area contributed by atoms with E-state index >= 15 is 0 Å². The second-order valence-corrected chi connectivity index (χ2v) is 31.3. The highest BCUT2D eigenvalue weighted by molar-refractivity contribution is 6.24. The number of fused-ring (bicyclic) bond motifs is 34. The molecule has 5 heteroatoms. The fraction of sp³-hybridized carbons (Fsp3) is 0.161. The van der Waals surface area contributed by atoms with E-state index in [2.05, 4.69) is 293 Å². The van der Waals surface area contributed by atoms with Crippen LogP contribution in [0.15, 0.2) is 242 Å². The summed E-state index contributed by atoms with van der Waals surface area (Å²) in [6, 6.07) is 83.6. The van der Waals surface area contributed by atoms with Gasteiger partial charge in [-0.25, -0.2) is 0 Å². The Kier molecular flexibility index (Phi) is 10.1. The van der Waals surface area contributed by atoms with E-state index < -0.39 is 16.2 Å². The summed E-state index contributed by atoms with van der Waals surface area (Å²) in [4.78, 5) is 2.58. The molecule has 468 valence electrons. The van der Waals surface area contributed by atoms with Crippen molar-refractivity contribution in [1.82, 2.24) is 0 Å². The summed E-state index contributed by atoms with van der Waals surface area (Å²) in [5, 5.41) is 9.19. The lowest BCUT2D eigenvalue weighted by atomic mass is 9.72. The van der Waals surface area contributed by atoms with E-state index in [9.17, 15) is 0 Å². The zero-order chi connectivity index (χ0) is 65.7. The van der Waals surface area contributed by atoms with Crippen LogP contribution in [0.25, 0.3) is 155 Å². The Labute approximate surface area is 567 Å². The van der Waals surface area contributed by atoms with Crippen LogP contribution in [0.4, 0.5) is 17.1 Å². The van der Waals surface area contributed by atoms with E-state index in [-0.39, 0.29) is 10.8 Å². The summed E-state index contributed by atoms with van der Waals surface area (Å²) in [5.41, 5.74) is 36.8. The van der Waals surface area contributed by atoms with Gasteiger partial charge in [0.1, 0.15) is 44.7 Å². The first kappa shape index (κ1) is 55.0. The molecular weight excluding hydrogens is 1200 g/mol. The first-order chi connectivity index (χ1) is 47.4. The van der Waals surface area contributed by atoms with Gasteiger partial charge in [0.05, 0.1) is 0 Å². The fourth-order valence-electron chi connectivity index (χ4n) is 20.1. The molecule has 0 saturated heterocycles. The summed E-state index contributed by atoms with van der Waals surface area (Å²) in [6.45, 7) is 24.5. The quantitative estimate of drug-likeness (QED) is 0.176. The highest BCUT2D eigenvalue weighted by Crippen LogP contribution is 2.67. The molecule has 17 aromatic rings.